The second kappa shape index (κ2) is 10.6. The summed E-state index contributed by atoms with van der Waals surface area (Å²) in [5.41, 5.74) is 2.83. The fourth-order valence-corrected chi connectivity index (χ4v) is 4.24. The van der Waals surface area contributed by atoms with Gasteiger partial charge in [0.05, 0.1) is 0 Å². The number of allylic oxidation sites excluding steroid dienone is 1. The van der Waals surface area contributed by atoms with Gasteiger partial charge in [0, 0.05) is 12.1 Å². The quantitative estimate of drug-likeness (QED) is 0.397. The molecular formula is C25H28ClF2NO3. The second-order valence-corrected chi connectivity index (χ2v) is 9.30. The van der Waals surface area contributed by atoms with Crippen LogP contribution < -0.4 is 10.1 Å². The summed E-state index contributed by atoms with van der Waals surface area (Å²) in [7, 11) is 0. The van der Waals surface area contributed by atoms with Crippen molar-refractivity contribution in [3.8, 4) is 5.75 Å². The molecule has 0 radical (unpaired) electrons. The number of nitrogens with one attached hydrogen (secondary N) is 1. The fourth-order valence-electron chi connectivity index (χ4n) is 4.17. The highest BCUT2D eigenvalue weighted by Crippen LogP contribution is 2.32. The highest BCUT2D eigenvalue weighted by molar-refractivity contribution is 6.66. The summed E-state index contributed by atoms with van der Waals surface area (Å²) >= 11 is 5.22. The molecule has 2 aromatic carbocycles. The van der Waals surface area contributed by atoms with Crippen LogP contribution >= 0.6 is 11.6 Å². The zero-order valence-corrected chi connectivity index (χ0v) is 19.0. The molecule has 3 rings (SSSR count). The van der Waals surface area contributed by atoms with Crippen molar-refractivity contribution in [2.75, 3.05) is 13.2 Å². The van der Waals surface area contributed by atoms with E-state index in [4.69, 9.17) is 16.3 Å². The van der Waals surface area contributed by atoms with Gasteiger partial charge in [-0.25, -0.2) is 4.39 Å². The first kappa shape index (κ1) is 24.4. The summed E-state index contributed by atoms with van der Waals surface area (Å²) in [6.45, 7) is 4.21. The van der Waals surface area contributed by atoms with Gasteiger partial charge < -0.3 is 15.2 Å². The number of carbonyl (C=O) groups excluding carboxylic acids is 1. The lowest BCUT2D eigenvalue weighted by molar-refractivity contribution is -0.107. The van der Waals surface area contributed by atoms with Crippen LogP contribution in [0, 0.1) is 17.6 Å². The molecule has 0 aromatic heterocycles. The predicted octanol–water partition coefficient (Wildman–Crippen LogP) is 4.66. The van der Waals surface area contributed by atoms with E-state index >= 15 is 0 Å². The lowest BCUT2D eigenvalue weighted by Gasteiger charge is -2.30. The largest absolute Gasteiger partial charge is 0.488 e. The van der Waals surface area contributed by atoms with Crippen LogP contribution in [0.4, 0.5) is 8.78 Å². The molecule has 0 spiro atoms. The summed E-state index contributed by atoms with van der Waals surface area (Å²) in [5.74, 6) is -2.07. The molecule has 0 saturated heterocycles. The first-order chi connectivity index (χ1) is 15.1. The number of fused-ring (bicyclic) bond motifs is 1. The maximum atomic E-state index is 14.0. The molecular weight excluding hydrogens is 436 g/mol. The van der Waals surface area contributed by atoms with E-state index in [0.29, 0.717) is 5.92 Å². The first-order valence-corrected chi connectivity index (χ1v) is 11.0. The highest BCUT2D eigenvalue weighted by atomic mass is 35.5. The number of aliphatic hydroxyl groups is 1. The SMILES string of the molecule is CC(C)(CC1Cc2ccccc2C1)NC[C@@H](O)COc1cc(/C=C/C(=O)Cl)cc(F)c1F. The predicted molar refractivity (Wildman–Crippen MR) is 122 cm³/mol. The summed E-state index contributed by atoms with van der Waals surface area (Å²) in [6.07, 6.45) is 4.42. The molecule has 0 amide bonds. The standard InChI is InChI=1S/C25H28ClF2NO3/c1-25(2,13-17-9-18-5-3-4-6-19(18)10-17)29-14-20(30)15-32-22-12-16(7-8-23(26)31)11-21(27)24(22)28/h3-8,11-12,17,20,29-30H,9-10,13-15H2,1-2H3/b8-7+/t20-/m1/s1. The number of hydrogen-bond donors (Lipinski definition) is 2. The molecule has 2 aromatic rings. The average molecular weight is 464 g/mol. The topological polar surface area (TPSA) is 58.6 Å². The van der Waals surface area contributed by atoms with E-state index in [1.54, 1.807) is 0 Å². The van der Waals surface area contributed by atoms with Crippen LogP contribution in [0.1, 0.15) is 37.0 Å². The van der Waals surface area contributed by atoms with Crippen LogP contribution in [0.2, 0.25) is 0 Å². The number of halogens is 3. The molecule has 1 aliphatic rings. The molecule has 32 heavy (non-hydrogen) atoms. The van der Waals surface area contributed by atoms with E-state index in [9.17, 15) is 18.7 Å². The Morgan fingerprint density at radius 2 is 1.94 bits per heavy atom. The van der Waals surface area contributed by atoms with E-state index < -0.39 is 23.0 Å². The maximum Gasteiger partial charge on any atom is 0.245 e. The minimum atomic E-state index is -1.15. The summed E-state index contributed by atoms with van der Waals surface area (Å²) in [4.78, 5) is 10.8. The fraction of sp³-hybridized carbons (Fsp3) is 0.400. The maximum absolute atomic E-state index is 14.0. The Hall–Kier alpha value is -2.28. The molecule has 0 unspecified atom stereocenters. The van der Waals surface area contributed by atoms with Gasteiger partial charge in [-0.1, -0.05) is 24.3 Å². The van der Waals surface area contributed by atoms with Gasteiger partial charge in [-0.05, 0) is 91.6 Å². The molecule has 1 aliphatic carbocycles. The molecule has 2 N–H and O–H groups in total. The normalized spacial score (nSPS) is 15.2. The van der Waals surface area contributed by atoms with Gasteiger partial charge in [-0.15, -0.1) is 0 Å². The molecule has 0 aliphatic heterocycles. The molecule has 1 atom stereocenters. The van der Waals surface area contributed by atoms with Crippen LogP contribution in [-0.4, -0.2) is 35.1 Å². The van der Waals surface area contributed by atoms with Crippen LogP contribution in [0.3, 0.4) is 0 Å². The summed E-state index contributed by atoms with van der Waals surface area (Å²) in [6, 6.07) is 10.7. The third-order valence-electron chi connectivity index (χ3n) is 5.61. The average Bonchev–Trinajstić information content (AvgIpc) is 3.13. The molecule has 4 nitrogen and oxygen atoms in total. The van der Waals surface area contributed by atoms with Crippen molar-refractivity contribution < 1.29 is 23.4 Å². The van der Waals surface area contributed by atoms with Crippen molar-refractivity contribution in [3.05, 3.63) is 70.8 Å². The monoisotopic (exact) mass is 463 g/mol. The smallest absolute Gasteiger partial charge is 0.245 e. The summed E-state index contributed by atoms with van der Waals surface area (Å²) < 4.78 is 33.1. The Kier molecular flexibility index (Phi) is 8.04. The first-order valence-electron chi connectivity index (χ1n) is 10.6. The third kappa shape index (κ3) is 6.86. The molecule has 7 heteroatoms. The number of ether oxygens (including phenoxy) is 1. The van der Waals surface area contributed by atoms with Gasteiger partial charge in [-0.2, -0.15) is 4.39 Å². The van der Waals surface area contributed by atoms with Gasteiger partial charge in [0.25, 0.3) is 0 Å². The molecule has 172 valence electrons. The van der Waals surface area contributed by atoms with Gasteiger partial charge >= 0.3 is 0 Å². The van der Waals surface area contributed by atoms with Gasteiger partial charge in [0.1, 0.15) is 12.7 Å². The van der Waals surface area contributed by atoms with Gasteiger partial charge in [-0.3, -0.25) is 4.79 Å². The number of aliphatic hydroxyl groups excluding tert-OH is 1. The Morgan fingerprint density at radius 3 is 2.56 bits per heavy atom. The molecule has 0 fully saturated rings. The lowest BCUT2D eigenvalue weighted by atomic mass is 9.88. The Morgan fingerprint density at radius 1 is 1.28 bits per heavy atom. The van der Waals surface area contributed by atoms with E-state index in [2.05, 4.69) is 43.4 Å². The minimum absolute atomic E-state index is 0.205. The van der Waals surface area contributed by atoms with Crippen molar-refractivity contribution in [1.29, 1.82) is 0 Å². The molecule has 0 bridgehead atoms. The zero-order chi connectivity index (χ0) is 23.3. The van der Waals surface area contributed by atoms with E-state index in [0.717, 1.165) is 31.4 Å². The van der Waals surface area contributed by atoms with Crippen molar-refractivity contribution in [2.24, 2.45) is 5.92 Å². The number of rotatable bonds is 10. The third-order valence-corrected chi connectivity index (χ3v) is 5.73. The zero-order valence-electron chi connectivity index (χ0n) is 18.2. The number of β-amino-alcohol motifs (C(OH)–C–C–N with tert-alkyl or cyclic N) is 1. The van der Waals surface area contributed by atoms with Gasteiger partial charge in [0.15, 0.2) is 11.6 Å². The molecule has 0 heterocycles. The molecule has 0 saturated carbocycles. The van der Waals surface area contributed by atoms with Crippen molar-refractivity contribution in [1.82, 2.24) is 5.32 Å². The van der Waals surface area contributed by atoms with Crippen molar-refractivity contribution >= 4 is 22.9 Å². The van der Waals surface area contributed by atoms with Crippen molar-refractivity contribution in [2.45, 2.75) is 44.8 Å². The van der Waals surface area contributed by atoms with Gasteiger partial charge in [0.2, 0.25) is 11.1 Å². The second-order valence-electron chi connectivity index (χ2n) is 8.93. The van der Waals surface area contributed by atoms with Crippen LogP contribution in [-0.2, 0) is 17.6 Å². The van der Waals surface area contributed by atoms with Crippen molar-refractivity contribution in [3.63, 3.8) is 0 Å². The number of hydrogen-bond acceptors (Lipinski definition) is 4. The Bertz CT molecular complexity index is 968. The number of carbonyl (C=O) groups is 1. The Balaban J connectivity index is 1.49. The van der Waals surface area contributed by atoms with E-state index in [1.807, 2.05) is 0 Å². The van der Waals surface area contributed by atoms with E-state index in [1.165, 1.54) is 23.3 Å². The minimum Gasteiger partial charge on any atom is -0.488 e. The van der Waals surface area contributed by atoms with Crippen LogP contribution in [0.5, 0.6) is 5.75 Å². The summed E-state index contributed by atoms with van der Waals surface area (Å²) in [5, 5.41) is 12.9. The van der Waals surface area contributed by atoms with Crippen LogP contribution in [0.15, 0.2) is 42.5 Å². The Labute approximate surface area is 192 Å². The van der Waals surface area contributed by atoms with E-state index in [-0.39, 0.29) is 30.0 Å². The highest BCUT2D eigenvalue weighted by Gasteiger charge is 2.28. The lowest BCUT2D eigenvalue weighted by Crippen LogP contribution is -2.46. The van der Waals surface area contributed by atoms with Crippen LogP contribution in [0.25, 0.3) is 6.08 Å². The number of benzene rings is 2.